The van der Waals surface area contributed by atoms with Crippen molar-refractivity contribution in [2.75, 3.05) is 13.7 Å². The van der Waals surface area contributed by atoms with Gasteiger partial charge in [0.2, 0.25) is 0 Å². The third-order valence-corrected chi connectivity index (χ3v) is 3.40. The van der Waals surface area contributed by atoms with Crippen molar-refractivity contribution in [3.05, 3.63) is 0 Å². The number of carbonyl (C=O) groups is 1. The molecule has 1 atom stereocenters. The molecule has 0 aromatic carbocycles. The van der Waals surface area contributed by atoms with Gasteiger partial charge in [0.15, 0.2) is 0 Å². The molecule has 0 aromatic rings. The Bertz CT molecular complexity index is 150. The minimum atomic E-state index is -2.66. The van der Waals surface area contributed by atoms with Crippen molar-refractivity contribution in [1.29, 1.82) is 0 Å². The van der Waals surface area contributed by atoms with E-state index in [1.807, 2.05) is 6.92 Å². The van der Waals surface area contributed by atoms with Crippen LogP contribution in [0.25, 0.3) is 0 Å². The average Bonchev–Trinajstić information content (AvgIpc) is 2.00. The Hall–Kier alpha value is -0.393. The maximum absolute atomic E-state index is 10.6. The van der Waals surface area contributed by atoms with Crippen LogP contribution >= 0.6 is 0 Å². The van der Waals surface area contributed by atoms with E-state index in [-0.39, 0.29) is 5.97 Å². The fourth-order valence-corrected chi connectivity index (χ4v) is 2.04. The lowest BCUT2D eigenvalue weighted by Gasteiger charge is -2.22. The van der Waals surface area contributed by atoms with Crippen LogP contribution in [0.15, 0.2) is 0 Å². The fourth-order valence-electron chi connectivity index (χ4n) is 0.679. The Kier molecular flexibility index (Phi) is 5.11. The smallest absolute Gasteiger partial charge is 0.474 e. The summed E-state index contributed by atoms with van der Waals surface area (Å²) in [4.78, 5) is 10.6. The number of rotatable bonds is 5. The van der Waals surface area contributed by atoms with Crippen LogP contribution in [-0.4, -0.2) is 28.5 Å². The van der Waals surface area contributed by atoms with Crippen LogP contribution in [0.3, 0.4) is 0 Å². The zero-order chi connectivity index (χ0) is 9.61. The quantitative estimate of drug-likeness (QED) is 0.614. The third kappa shape index (κ3) is 4.48. The first-order valence-electron chi connectivity index (χ1n) is 3.92. The molecule has 0 aliphatic heterocycles. The van der Waals surface area contributed by atoms with Crippen molar-refractivity contribution >= 4 is 14.8 Å². The zero-order valence-electron chi connectivity index (χ0n) is 8.05. The predicted octanol–water partition coefficient (Wildman–Crippen LogP) is 1.19. The summed E-state index contributed by atoms with van der Waals surface area (Å²) in [7, 11) is -1.17. The van der Waals surface area contributed by atoms with Gasteiger partial charge in [-0.25, -0.2) is 0 Å². The molecular weight excluding hydrogens is 176 g/mol. The molecule has 72 valence electrons. The fraction of sp³-hybridized carbons (Fsp3) is 0.857. The van der Waals surface area contributed by atoms with E-state index in [2.05, 4.69) is 0 Å². The van der Waals surface area contributed by atoms with Crippen molar-refractivity contribution in [2.45, 2.75) is 26.8 Å². The van der Waals surface area contributed by atoms with Gasteiger partial charge in [0, 0.05) is 27.2 Å². The Labute approximate surface area is 74.2 Å². The van der Waals surface area contributed by atoms with Crippen LogP contribution in [0.2, 0.25) is 6.55 Å². The van der Waals surface area contributed by atoms with E-state index in [0.717, 1.165) is 6.42 Å². The van der Waals surface area contributed by atoms with E-state index < -0.39 is 8.80 Å². The molecule has 12 heavy (non-hydrogen) atoms. The Morgan fingerprint density at radius 3 is 2.42 bits per heavy atom. The molecule has 0 saturated carbocycles. The van der Waals surface area contributed by atoms with Crippen LogP contribution in [0.1, 0.15) is 20.3 Å². The van der Waals surface area contributed by atoms with E-state index in [1.165, 1.54) is 14.0 Å². The van der Waals surface area contributed by atoms with Gasteiger partial charge in [0.25, 0.3) is 5.97 Å². The van der Waals surface area contributed by atoms with E-state index in [4.69, 9.17) is 13.3 Å². The molecular formula is C7H16O4Si. The Morgan fingerprint density at radius 2 is 2.08 bits per heavy atom. The van der Waals surface area contributed by atoms with Crippen molar-refractivity contribution in [3.63, 3.8) is 0 Å². The molecule has 0 radical (unpaired) electrons. The van der Waals surface area contributed by atoms with E-state index in [9.17, 15) is 4.79 Å². The van der Waals surface area contributed by atoms with Crippen LogP contribution in [0.5, 0.6) is 0 Å². The van der Waals surface area contributed by atoms with Gasteiger partial charge in [-0.15, -0.1) is 0 Å². The first-order valence-corrected chi connectivity index (χ1v) is 6.15. The van der Waals surface area contributed by atoms with Gasteiger partial charge in [0.05, 0.1) is 0 Å². The molecule has 0 bridgehead atoms. The third-order valence-electron chi connectivity index (χ3n) is 1.27. The monoisotopic (exact) mass is 192 g/mol. The summed E-state index contributed by atoms with van der Waals surface area (Å²) in [5.41, 5.74) is 0. The Morgan fingerprint density at radius 1 is 1.50 bits per heavy atom. The molecule has 0 aliphatic carbocycles. The van der Waals surface area contributed by atoms with Crippen LogP contribution in [-0.2, 0) is 18.1 Å². The highest BCUT2D eigenvalue weighted by molar-refractivity contribution is 6.60. The van der Waals surface area contributed by atoms with Gasteiger partial charge in [-0.1, -0.05) is 6.92 Å². The zero-order valence-corrected chi connectivity index (χ0v) is 9.05. The molecule has 4 nitrogen and oxygen atoms in total. The van der Waals surface area contributed by atoms with Gasteiger partial charge in [0.1, 0.15) is 0 Å². The van der Waals surface area contributed by atoms with Crippen LogP contribution in [0, 0.1) is 0 Å². The summed E-state index contributed by atoms with van der Waals surface area (Å²) < 4.78 is 15.3. The lowest BCUT2D eigenvalue weighted by atomic mass is 10.5. The first-order chi connectivity index (χ1) is 5.54. The highest BCUT2D eigenvalue weighted by Gasteiger charge is 2.36. The summed E-state index contributed by atoms with van der Waals surface area (Å²) in [6.45, 7) is 5.59. The van der Waals surface area contributed by atoms with Crippen molar-refractivity contribution in [2.24, 2.45) is 0 Å². The number of carbonyl (C=O) groups excluding carboxylic acids is 1. The molecule has 0 rings (SSSR count). The second-order valence-corrected chi connectivity index (χ2v) is 5.13. The van der Waals surface area contributed by atoms with E-state index in [0.29, 0.717) is 6.61 Å². The SMILES string of the molecule is CCCO[Si](C)(OC)OC(C)=O. The van der Waals surface area contributed by atoms with Crippen LogP contribution < -0.4 is 0 Å². The summed E-state index contributed by atoms with van der Waals surface area (Å²) in [6.07, 6.45) is 0.882. The predicted molar refractivity (Wildman–Crippen MR) is 46.6 cm³/mol. The molecule has 0 aliphatic rings. The summed E-state index contributed by atoms with van der Waals surface area (Å²) in [5, 5.41) is 0. The molecule has 0 N–H and O–H groups in total. The van der Waals surface area contributed by atoms with Crippen LogP contribution in [0.4, 0.5) is 0 Å². The maximum atomic E-state index is 10.6. The van der Waals surface area contributed by atoms with Gasteiger partial charge in [-0.2, -0.15) is 0 Å². The second kappa shape index (κ2) is 5.29. The lowest BCUT2D eigenvalue weighted by molar-refractivity contribution is -0.136. The average molecular weight is 192 g/mol. The maximum Gasteiger partial charge on any atom is 0.564 e. The van der Waals surface area contributed by atoms with Crippen molar-refractivity contribution in [3.8, 4) is 0 Å². The summed E-state index contributed by atoms with van der Waals surface area (Å²) in [5.74, 6) is -0.359. The molecule has 5 heteroatoms. The highest BCUT2D eigenvalue weighted by atomic mass is 28.4. The minimum absolute atomic E-state index is 0.359. The highest BCUT2D eigenvalue weighted by Crippen LogP contribution is 2.08. The molecule has 0 spiro atoms. The molecule has 1 unspecified atom stereocenters. The minimum Gasteiger partial charge on any atom is -0.474 e. The number of hydrogen-bond donors (Lipinski definition) is 0. The lowest BCUT2D eigenvalue weighted by Crippen LogP contribution is -2.43. The topological polar surface area (TPSA) is 44.8 Å². The molecule has 0 aromatic heterocycles. The molecule has 0 saturated heterocycles. The molecule has 0 heterocycles. The van der Waals surface area contributed by atoms with E-state index in [1.54, 1.807) is 6.55 Å². The normalized spacial score (nSPS) is 15.3. The first kappa shape index (κ1) is 11.6. The largest absolute Gasteiger partial charge is 0.564 e. The van der Waals surface area contributed by atoms with E-state index >= 15 is 0 Å². The van der Waals surface area contributed by atoms with Gasteiger partial charge in [-0.3, -0.25) is 4.79 Å². The van der Waals surface area contributed by atoms with Gasteiger partial charge < -0.3 is 13.3 Å². The second-order valence-electron chi connectivity index (χ2n) is 2.51. The molecule has 0 amide bonds. The van der Waals surface area contributed by atoms with Gasteiger partial charge >= 0.3 is 8.80 Å². The summed E-state index contributed by atoms with van der Waals surface area (Å²) >= 11 is 0. The van der Waals surface area contributed by atoms with Crippen molar-refractivity contribution in [1.82, 2.24) is 0 Å². The number of hydrogen-bond acceptors (Lipinski definition) is 4. The molecule has 0 fully saturated rings. The summed E-state index contributed by atoms with van der Waals surface area (Å²) in [6, 6.07) is 0. The standard InChI is InChI=1S/C7H16O4Si/c1-5-6-10-12(4,9-3)11-7(2)8/h5-6H2,1-4H3. The van der Waals surface area contributed by atoms with Gasteiger partial charge in [-0.05, 0) is 6.42 Å². The Balaban J connectivity index is 3.95. The van der Waals surface area contributed by atoms with Crippen molar-refractivity contribution < 1.29 is 18.1 Å².